The molecule has 1 fully saturated rings. The van der Waals surface area contributed by atoms with Gasteiger partial charge in [0.1, 0.15) is 0 Å². The van der Waals surface area contributed by atoms with Crippen molar-refractivity contribution in [1.82, 2.24) is 5.32 Å². The van der Waals surface area contributed by atoms with Crippen molar-refractivity contribution in [1.29, 1.82) is 0 Å². The molecule has 4 heteroatoms. The minimum atomic E-state index is -0.384. The second-order valence-corrected chi connectivity index (χ2v) is 5.19. The number of benzene rings is 1. The molecule has 1 aromatic rings. The Bertz CT molecular complexity index is 434. The van der Waals surface area contributed by atoms with Crippen LogP contribution in [0.2, 0.25) is 0 Å². The topological polar surface area (TPSA) is 52.6 Å². The first-order valence-corrected chi connectivity index (χ1v) is 6.27. The molecule has 0 atom stereocenters. The Balaban J connectivity index is 2.11. The van der Waals surface area contributed by atoms with Crippen LogP contribution in [-0.4, -0.2) is 37.3 Å². The predicted molar refractivity (Wildman–Crippen MR) is 71.9 cm³/mol. The zero-order chi connectivity index (χ0) is 13.2. The highest BCUT2D eigenvalue weighted by molar-refractivity contribution is 5.95. The summed E-state index contributed by atoms with van der Waals surface area (Å²) in [5.41, 5.74) is 1.25. The molecule has 1 aliphatic carbocycles. The highest BCUT2D eigenvalue weighted by atomic mass is 16.3. The normalized spacial score (nSPS) is 16.8. The number of hydrogen-bond acceptors (Lipinski definition) is 3. The van der Waals surface area contributed by atoms with Gasteiger partial charge in [-0.05, 0) is 37.5 Å². The average molecular weight is 248 g/mol. The van der Waals surface area contributed by atoms with E-state index in [0.29, 0.717) is 5.56 Å². The number of rotatable bonds is 4. The van der Waals surface area contributed by atoms with Crippen LogP contribution < -0.4 is 10.2 Å². The molecular formula is C14H20N2O2. The highest BCUT2D eigenvalue weighted by Crippen LogP contribution is 2.31. The zero-order valence-electron chi connectivity index (χ0n) is 10.9. The summed E-state index contributed by atoms with van der Waals surface area (Å²) in [7, 11) is 3.89. The van der Waals surface area contributed by atoms with Crippen molar-refractivity contribution in [2.45, 2.75) is 24.8 Å². The standard InChI is InChI=1S/C14H20N2O2/c1-16(2)12-6-3-5-11(9-12)13(18)15-14(10-17)7-4-8-14/h3,5-6,9,17H,4,7-8,10H2,1-2H3,(H,15,18). The van der Waals surface area contributed by atoms with Crippen molar-refractivity contribution >= 4 is 11.6 Å². The lowest BCUT2D eigenvalue weighted by molar-refractivity contribution is 0.0641. The number of anilines is 1. The molecule has 0 bridgehead atoms. The monoisotopic (exact) mass is 248 g/mol. The van der Waals surface area contributed by atoms with E-state index in [2.05, 4.69) is 5.32 Å². The molecule has 1 aliphatic rings. The van der Waals surface area contributed by atoms with Gasteiger partial charge < -0.3 is 15.3 Å². The Kier molecular flexibility index (Phi) is 3.57. The number of nitrogens with zero attached hydrogens (tertiary/aromatic N) is 1. The maximum atomic E-state index is 12.1. The lowest BCUT2D eigenvalue weighted by atomic mass is 9.77. The van der Waals surface area contributed by atoms with E-state index in [9.17, 15) is 9.90 Å². The van der Waals surface area contributed by atoms with Gasteiger partial charge in [0.15, 0.2) is 0 Å². The van der Waals surface area contributed by atoms with Crippen molar-refractivity contribution in [2.24, 2.45) is 0 Å². The summed E-state index contributed by atoms with van der Waals surface area (Å²) < 4.78 is 0. The fourth-order valence-corrected chi connectivity index (χ4v) is 2.16. The fourth-order valence-electron chi connectivity index (χ4n) is 2.16. The molecule has 0 saturated heterocycles. The second-order valence-electron chi connectivity index (χ2n) is 5.19. The van der Waals surface area contributed by atoms with E-state index in [1.165, 1.54) is 0 Å². The number of carbonyl (C=O) groups excluding carboxylic acids is 1. The van der Waals surface area contributed by atoms with Crippen molar-refractivity contribution in [2.75, 3.05) is 25.6 Å². The summed E-state index contributed by atoms with van der Waals surface area (Å²) in [5, 5.41) is 12.3. The van der Waals surface area contributed by atoms with E-state index < -0.39 is 0 Å². The van der Waals surface area contributed by atoms with Gasteiger partial charge in [0.05, 0.1) is 12.1 Å². The van der Waals surface area contributed by atoms with Crippen LogP contribution in [0.15, 0.2) is 24.3 Å². The second kappa shape index (κ2) is 4.98. The largest absolute Gasteiger partial charge is 0.394 e. The first-order valence-electron chi connectivity index (χ1n) is 6.27. The van der Waals surface area contributed by atoms with E-state index in [1.807, 2.05) is 37.2 Å². The Hall–Kier alpha value is -1.55. The van der Waals surface area contributed by atoms with Gasteiger partial charge in [0.2, 0.25) is 0 Å². The van der Waals surface area contributed by atoms with Gasteiger partial charge in [-0.2, -0.15) is 0 Å². The summed E-state index contributed by atoms with van der Waals surface area (Å²) >= 11 is 0. The van der Waals surface area contributed by atoms with Crippen molar-refractivity contribution < 1.29 is 9.90 Å². The third-order valence-electron chi connectivity index (χ3n) is 3.62. The van der Waals surface area contributed by atoms with Crippen LogP contribution in [0.4, 0.5) is 5.69 Å². The van der Waals surface area contributed by atoms with Crippen LogP contribution in [0.5, 0.6) is 0 Å². The Labute approximate surface area is 108 Å². The van der Waals surface area contributed by atoms with E-state index in [1.54, 1.807) is 6.07 Å². The number of nitrogens with one attached hydrogen (secondary N) is 1. The molecule has 1 aromatic carbocycles. The van der Waals surface area contributed by atoms with E-state index >= 15 is 0 Å². The SMILES string of the molecule is CN(C)c1cccc(C(=O)NC2(CO)CCC2)c1. The lowest BCUT2D eigenvalue weighted by Gasteiger charge is -2.41. The van der Waals surface area contributed by atoms with Crippen molar-refractivity contribution in [3.63, 3.8) is 0 Å². The van der Waals surface area contributed by atoms with Gasteiger partial charge in [0, 0.05) is 25.3 Å². The van der Waals surface area contributed by atoms with Gasteiger partial charge in [0.25, 0.3) is 5.91 Å². The third-order valence-corrected chi connectivity index (χ3v) is 3.62. The third kappa shape index (κ3) is 2.48. The molecule has 0 aliphatic heterocycles. The minimum absolute atomic E-state index is 0.0200. The number of carbonyl (C=O) groups is 1. The molecule has 0 unspecified atom stereocenters. The van der Waals surface area contributed by atoms with Crippen LogP contribution in [0.3, 0.4) is 0 Å². The van der Waals surface area contributed by atoms with Gasteiger partial charge in [-0.1, -0.05) is 6.07 Å². The van der Waals surface area contributed by atoms with Crippen LogP contribution in [-0.2, 0) is 0 Å². The fraction of sp³-hybridized carbons (Fsp3) is 0.500. The molecule has 0 heterocycles. The van der Waals surface area contributed by atoms with Gasteiger partial charge in [-0.15, -0.1) is 0 Å². The molecule has 2 N–H and O–H groups in total. The molecule has 98 valence electrons. The van der Waals surface area contributed by atoms with Gasteiger partial charge >= 0.3 is 0 Å². The van der Waals surface area contributed by atoms with Crippen molar-refractivity contribution in [3.05, 3.63) is 29.8 Å². The molecule has 1 amide bonds. The van der Waals surface area contributed by atoms with E-state index in [-0.39, 0.29) is 18.1 Å². The first-order chi connectivity index (χ1) is 8.56. The summed E-state index contributed by atoms with van der Waals surface area (Å²) in [6, 6.07) is 7.49. The molecular weight excluding hydrogens is 228 g/mol. The summed E-state index contributed by atoms with van der Waals surface area (Å²) in [6.07, 6.45) is 2.80. The average Bonchev–Trinajstić information content (AvgIpc) is 2.33. The van der Waals surface area contributed by atoms with Crippen LogP contribution in [0.25, 0.3) is 0 Å². The lowest BCUT2D eigenvalue weighted by Crippen LogP contribution is -2.56. The quantitative estimate of drug-likeness (QED) is 0.847. The maximum absolute atomic E-state index is 12.1. The van der Waals surface area contributed by atoms with Gasteiger partial charge in [-0.25, -0.2) is 0 Å². The molecule has 2 rings (SSSR count). The van der Waals surface area contributed by atoms with Crippen LogP contribution >= 0.6 is 0 Å². The zero-order valence-corrected chi connectivity index (χ0v) is 10.9. The number of aliphatic hydroxyl groups is 1. The minimum Gasteiger partial charge on any atom is -0.394 e. The Morgan fingerprint density at radius 2 is 2.17 bits per heavy atom. The highest BCUT2D eigenvalue weighted by Gasteiger charge is 2.37. The smallest absolute Gasteiger partial charge is 0.251 e. The molecule has 4 nitrogen and oxygen atoms in total. The number of amides is 1. The van der Waals surface area contributed by atoms with Crippen LogP contribution in [0.1, 0.15) is 29.6 Å². The van der Waals surface area contributed by atoms with E-state index in [0.717, 1.165) is 24.9 Å². The number of hydrogen-bond donors (Lipinski definition) is 2. The summed E-state index contributed by atoms with van der Waals surface area (Å²) in [5.74, 6) is -0.104. The number of aliphatic hydroxyl groups excluding tert-OH is 1. The first kappa shape index (κ1) is 12.9. The summed E-state index contributed by atoms with van der Waals surface area (Å²) in [6.45, 7) is 0.0200. The Morgan fingerprint density at radius 3 is 2.67 bits per heavy atom. The van der Waals surface area contributed by atoms with E-state index in [4.69, 9.17) is 0 Å². The molecule has 0 spiro atoms. The molecule has 18 heavy (non-hydrogen) atoms. The van der Waals surface area contributed by atoms with Crippen molar-refractivity contribution in [3.8, 4) is 0 Å². The van der Waals surface area contributed by atoms with Crippen LogP contribution in [0, 0.1) is 0 Å². The predicted octanol–water partition coefficient (Wildman–Crippen LogP) is 1.40. The maximum Gasteiger partial charge on any atom is 0.251 e. The Morgan fingerprint density at radius 1 is 1.44 bits per heavy atom. The molecule has 0 radical (unpaired) electrons. The molecule has 1 saturated carbocycles. The summed E-state index contributed by atoms with van der Waals surface area (Å²) in [4.78, 5) is 14.1. The molecule has 0 aromatic heterocycles. The van der Waals surface area contributed by atoms with Gasteiger partial charge in [-0.3, -0.25) is 4.79 Å².